The molecule has 0 unspecified atom stereocenters. The number of unbranched alkanes of at least 4 members (excludes halogenated alkanes) is 4. The third-order valence-corrected chi connectivity index (χ3v) is 3.85. The van der Waals surface area contributed by atoms with Crippen molar-refractivity contribution in [1.29, 1.82) is 0 Å². The van der Waals surface area contributed by atoms with Gasteiger partial charge in [-0.1, -0.05) is 40.9 Å². The molecule has 0 aromatic rings. The number of ether oxygens (including phenoxy) is 1. The van der Waals surface area contributed by atoms with E-state index in [2.05, 4.69) is 11.0 Å². The first-order valence-corrected chi connectivity index (χ1v) is 7.76. The van der Waals surface area contributed by atoms with Gasteiger partial charge in [-0.2, -0.15) is 0 Å². The van der Waals surface area contributed by atoms with Crippen molar-refractivity contribution < 1.29 is 9.53 Å². The highest BCUT2D eigenvalue weighted by Gasteiger charge is 1.98. The summed E-state index contributed by atoms with van der Waals surface area (Å²) in [5.74, 6) is 1.17. The summed E-state index contributed by atoms with van der Waals surface area (Å²) in [5, 5.41) is 0. The molecule has 0 rings (SSSR count). The standard InChI is InChI=1S/C10H20O2S2/c1-12-10(11)8-6-4-3-5-7-9-14-13-2/h3-9H2,1-2H3. The van der Waals surface area contributed by atoms with Crippen LogP contribution in [-0.2, 0) is 9.53 Å². The molecule has 14 heavy (non-hydrogen) atoms. The summed E-state index contributed by atoms with van der Waals surface area (Å²) in [6.07, 6.45) is 8.64. The predicted molar refractivity (Wildman–Crippen MR) is 65.7 cm³/mol. The second-order valence-electron chi connectivity index (χ2n) is 3.08. The molecule has 4 heteroatoms. The Morgan fingerprint density at radius 2 is 1.79 bits per heavy atom. The first-order chi connectivity index (χ1) is 6.81. The molecule has 0 N–H and O–H groups in total. The molecule has 0 saturated heterocycles. The molecular formula is C10H20O2S2. The molecule has 84 valence electrons. The Kier molecular flexibility index (Phi) is 11.4. The zero-order chi connectivity index (χ0) is 10.6. The van der Waals surface area contributed by atoms with Crippen LogP contribution >= 0.6 is 21.6 Å². The number of carbonyl (C=O) groups excluding carboxylic acids is 1. The maximum Gasteiger partial charge on any atom is 0.305 e. The van der Waals surface area contributed by atoms with Crippen molar-refractivity contribution in [2.45, 2.75) is 38.5 Å². The van der Waals surface area contributed by atoms with E-state index in [0.717, 1.165) is 12.8 Å². The van der Waals surface area contributed by atoms with E-state index in [9.17, 15) is 4.79 Å². The van der Waals surface area contributed by atoms with Crippen molar-refractivity contribution in [1.82, 2.24) is 0 Å². The molecule has 0 spiro atoms. The summed E-state index contributed by atoms with van der Waals surface area (Å²) in [6.45, 7) is 0. The average molecular weight is 236 g/mol. The lowest BCUT2D eigenvalue weighted by molar-refractivity contribution is -0.140. The van der Waals surface area contributed by atoms with Gasteiger partial charge < -0.3 is 4.74 Å². The molecule has 0 aromatic carbocycles. The highest BCUT2D eigenvalue weighted by molar-refractivity contribution is 8.76. The Bertz CT molecular complexity index is 140. The number of methoxy groups -OCH3 is 1. The van der Waals surface area contributed by atoms with Crippen molar-refractivity contribution in [3.05, 3.63) is 0 Å². The van der Waals surface area contributed by atoms with Crippen molar-refractivity contribution in [3.8, 4) is 0 Å². The van der Waals surface area contributed by atoms with Crippen molar-refractivity contribution in [2.24, 2.45) is 0 Å². The Balaban J connectivity index is 2.95. The van der Waals surface area contributed by atoms with E-state index < -0.39 is 0 Å². The predicted octanol–water partition coefficient (Wildman–Crippen LogP) is 3.51. The van der Waals surface area contributed by atoms with Crippen LogP contribution in [0.1, 0.15) is 38.5 Å². The normalized spacial score (nSPS) is 10.1. The second-order valence-corrected chi connectivity index (χ2v) is 5.77. The van der Waals surface area contributed by atoms with Crippen LogP contribution in [0.3, 0.4) is 0 Å². The molecule has 0 fully saturated rings. The van der Waals surface area contributed by atoms with E-state index in [1.165, 1.54) is 32.1 Å². The van der Waals surface area contributed by atoms with Crippen LogP contribution in [0.4, 0.5) is 0 Å². The molecule has 2 nitrogen and oxygen atoms in total. The Morgan fingerprint density at radius 3 is 2.43 bits per heavy atom. The molecule has 0 saturated carbocycles. The maximum absolute atomic E-state index is 10.8. The number of hydrogen-bond donors (Lipinski definition) is 0. The first kappa shape index (κ1) is 14.2. The van der Waals surface area contributed by atoms with Crippen LogP contribution in [0.15, 0.2) is 0 Å². The number of esters is 1. The fourth-order valence-corrected chi connectivity index (χ4v) is 2.49. The summed E-state index contributed by atoms with van der Waals surface area (Å²) >= 11 is 0. The highest BCUT2D eigenvalue weighted by Crippen LogP contribution is 2.19. The van der Waals surface area contributed by atoms with Crippen LogP contribution in [-0.4, -0.2) is 25.1 Å². The number of rotatable bonds is 9. The third kappa shape index (κ3) is 10.3. The van der Waals surface area contributed by atoms with Crippen LogP contribution in [0.5, 0.6) is 0 Å². The molecular weight excluding hydrogens is 216 g/mol. The average Bonchev–Trinajstić information content (AvgIpc) is 2.21. The summed E-state index contributed by atoms with van der Waals surface area (Å²) in [4.78, 5) is 10.8. The van der Waals surface area contributed by atoms with E-state index in [1.54, 1.807) is 0 Å². The number of carbonyl (C=O) groups is 1. The number of hydrogen-bond acceptors (Lipinski definition) is 4. The molecule has 0 atom stereocenters. The lowest BCUT2D eigenvalue weighted by Crippen LogP contribution is -1.99. The molecule has 0 aliphatic carbocycles. The van der Waals surface area contributed by atoms with Crippen molar-refractivity contribution in [3.63, 3.8) is 0 Å². The van der Waals surface area contributed by atoms with Crippen LogP contribution in [0, 0.1) is 0 Å². The van der Waals surface area contributed by atoms with Gasteiger partial charge >= 0.3 is 5.97 Å². The summed E-state index contributed by atoms with van der Waals surface area (Å²) in [5.41, 5.74) is 0. The lowest BCUT2D eigenvalue weighted by atomic mass is 10.1. The summed E-state index contributed by atoms with van der Waals surface area (Å²) < 4.78 is 4.56. The molecule has 0 amide bonds. The zero-order valence-corrected chi connectivity index (χ0v) is 10.7. The highest BCUT2D eigenvalue weighted by atomic mass is 33.1. The second kappa shape index (κ2) is 11.2. The zero-order valence-electron chi connectivity index (χ0n) is 9.08. The maximum atomic E-state index is 10.8. The first-order valence-electron chi connectivity index (χ1n) is 5.03. The minimum atomic E-state index is -0.0806. The summed E-state index contributed by atoms with van der Waals surface area (Å²) in [6, 6.07) is 0. The van der Waals surface area contributed by atoms with Crippen LogP contribution in [0.25, 0.3) is 0 Å². The fraction of sp³-hybridized carbons (Fsp3) is 0.900. The van der Waals surface area contributed by atoms with E-state index in [4.69, 9.17) is 0 Å². The van der Waals surface area contributed by atoms with Gasteiger partial charge in [0.25, 0.3) is 0 Å². The van der Waals surface area contributed by atoms with Gasteiger partial charge in [0.2, 0.25) is 0 Å². The smallest absolute Gasteiger partial charge is 0.305 e. The Hall–Kier alpha value is 0.170. The van der Waals surface area contributed by atoms with E-state index in [0.29, 0.717) is 6.42 Å². The van der Waals surface area contributed by atoms with Gasteiger partial charge in [-0.05, 0) is 19.1 Å². The van der Waals surface area contributed by atoms with Crippen molar-refractivity contribution >= 4 is 27.6 Å². The van der Waals surface area contributed by atoms with Gasteiger partial charge in [-0.15, -0.1) is 0 Å². The fourth-order valence-electron chi connectivity index (χ4n) is 1.15. The van der Waals surface area contributed by atoms with E-state index >= 15 is 0 Å². The topological polar surface area (TPSA) is 26.3 Å². The quantitative estimate of drug-likeness (QED) is 0.348. The van der Waals surface area contributed by atoms with Gasteiger partial charge in [0.05, 0.1) is 7.11 Å². The lowest BCUT2D eigenvalue weighted by Gasteiger charge is -2.00. The van der Waals surface area contributed by atoms with Crippen molar-refractivity contribution in [2.75, 3.05) is 19.1 Å². The minimum absolute atomic E-state index is 0.0806. The molecule has 0 heterocycles. The summed E-state index contributed by atoms with van der Waals surface area (Å²) in [7, 11) is 5.20. The van der Waals surface area contributed by atoms with Gasteiger partial charge in [0.1, 0.15) is 0 Å². The third-order valence-electron chi connectivity index (χ3n) is 1.95. The Morgan fingerprint density at radius 1 is 1.14 bits per heavy atom. The largest absolute Gasteiger partial charge is 0.469 e. The molecule has 0 aliphatic heterocycles. The van der Waals surface area contributed by atoms with Gasteiger partial charge in [0.15, 0.2) is 0 Å². The SMILES string of the molecule is COC(=O)CCCCCCCSSC. The Labute approximate surface area is 94.9 Å². The molecule has 0 aliphatic rings. The van der Waals surface area contributed by atoms with Crippen LogP contribution in [0.2, 0.25) is 0 Å². The monoisotopic (exact) mass is 236 g/mol. The molecule has 0 bridgehead atoms. The van der Waals surface area contributed by atoms with Gasteiger partial charge in [-0.3, -0.25) is 4.79 Å². The van der Waals surface area contributed by atoms with E-state index in [-0.39, 0.29) is 5.97 Å². The minimum Gasteiger partial charge on any atom is -0.469 e. The van der Waals surface area contributed by atoms with E-state index in [1.807, 2.05) is 21.6 Å². The molecule has 0 radical (unpaired) electrons. The van der Waals surface area contributed by atoms with Gasteiger partial charge in [-0.25, -0.2) is 0 Å². The van der Waals surface area contributed by atoms with Crippen LogP contribution < -0.4 is 0 Å². The molecule has 0 aromatic heterocycles. The van der Waals surface area contributed by atoms with Gasteiger partial charge in [0, 0.05) is 12.2 Å².